The van der Waals surface area contributed by atoms with Crippen molar-refractivity contribution in [3.8, 4) is 16.8 Å². The molecule has 1 nitrogen and oxygen atoms in total. The van der Waals surface area contributed by atoms with Crippen molar-refractivity contribution in [1.82, 2.24) is 0 Å². The number of fused-ring (bicyclic) bond motifs is 5. The van der Waals surface area contributed by atoms with Gasteiger partial charge in [0.05, 0.1) is 5.41 Å². The largest absolute Gasteiger partial charge is 0.218 e. The van der Waals surface area contributed by atoms with Crippen molar-refractivity contribution >= 4 is 11.6 Å². The van der Waals surface area contributed by atoms with Gasteiger partial charge in [0.25, 0.3) is 0 Å². The van der Waals surface area contributed by atoms with Crippen molar-refractivity contribution in [1.29, 1.82) is 0 Å². The average Bonchev–Trinajstić information content (AvgIpc) is 3.07. The van der Waals surface area contributed by atoms with Crippen molar-refractivity contribution in [2.24, 2.45) is 0 Å². The lowest BCUT2D eigenvalue weighted by molar-refractivity contribution is -0.603. The third kappa shape index (κ3) is 2.88. The van der Waals surface area contributed by atoms with Gasteiger partial charge in [-0.3, -0.25) is 0 Å². The van der Waals surface area contributed by atoms with Crippen molar-refractivity contribution in [2.45, 2.75) is 38.5 Å². The quantitative estimate of drug-likeness (QED) is 0.307. The average molecular weight is 415 g/mol. The molecule has 156 valence electrons. The van der Waals surface area contributed by atoms with Crippen LogP contribution in [0.2, 0.25) is 0 Å². The Bertz CT molecular complexity index is 1340. The van der Waals surface area contributed by atoms with Crippen LogP contribution in [-0.4, -0.2) is 0 Å². The summed E-state index contributed by atoms with van der Waals surface area (Å²) in [5.74, 6) is 0. The molecule has 0 fully saturated rings. The van der Waals surface area contributed by atoms with Crippen molar-refractivity contribution in [3.63, 3.8) is 0 Å². The van der Waals surface area contributed by atoms with Crippen LogP contribution in [0, 0.1) is 0 Å². The molecule has 0 saturated heterocycles. The molecule has 0 bridgehead atoms. The second-order valence-electron chi connectivity index (χ2n) is 9.55. The summed E-state index contributed by atoms with van der Waals surface area (Å²) in [5, 5.41) is 0. The Kier molecular flexibility index (Phi) is 4.40. The minimum atomic E-state index is -0.0372. The van der Waals surface area contributed by atoms with E-state index in [4.69, 9.17) is 0 Å². The van der Waals surface area contributed by atoms with Crippen LogP contribution in [0.3, 0.4) is 0 Å². The number of nitrogens with zero attached hydrogens (tertiary/aromatic N) is 1. The van der Waals surface area contributed by atoms with Gasteiger partial charge in [-0.2, -0.15) is 4.57 Å². The van der Waals surface area contributed by atoms with Crippen molar-refractivity contribution in [2.75, 3.05) is 0 Å². The standard InChI is InChI=1S/C31H28N/c1-31(2)27-18-9-10-19-28(27)32-29(31)21-26(23-14-7-4-8-15-23)25-17-11-16-24(30(25)32)20-22-12-5-3-6-13-22/h3-10,12-15,18-21H,11,16-17H2,1-2H3/q+1/b24-20-. The molecule has 1 aromatic heterocycles. The first kappa shape index (κ1) is 19.3. The van der Waals surface area contributed by atoms with E-state index in [0.717, 1.165) is 12.8 Å². The summed E-state index contributed by atoms with van der Waals surface area (Å²) in [6, 6.07) is 33.2. The van der Waals surface area contributed by atoms with E-state index in [9.17, 15) is 0 Å². The first-order valence-electron chi connectivity index (χ1n) is 11.7. The smallest absolute Gasteiger partial charge is 0.156 e. The number of hydrogen-bond acceptors (Lipinski definition) is 0. The predicted octanol–water partition coefficient (Wildman–Crippen LogP) is 7.15. The molecule has 0 saturated carbocycles. The van der Waals surface area contributed by atoms with E-state index in [1.165, 1.54) is 56.9 Å². The van der Waals surface area contributed by atoms with E-state index in [1.807, 2.05) is 0 Å². The fourth-order valence-electron chi connectivity index (χ4n) is 5.65. The lowest BCUT2D eigenvalue weighted by Crippen LogP contribution is -2.41. The van der Waals surface area contributed by atoms with E-state index in [1.54, 1.807) is 0 Å². The number of pyridine rings is 1. The van der Waals surface area contributed by atoms with Gasteiger partial charge in [-0.25, -0.2) is 0 Å². The molecule has 1 aliphatic heterocycles. The molecule has 32 heavy (non-hydrogen) atoms. The van der Waals surface area contributed by atoms with Gasteiger partial charge >= 0.3 is 0 Å². The maximum atomic E-state index is 2.57. The van der Waals surface area contributed by atoms with Crippen LogP contribution in [-0.2, 0) is 11.8 Å². The van der Waals surface area contributed by atoms with Gasteiger partial charge in [0, 0.05) is 28.8 Å². The SMILES string of the molecule is CC1(C)c2ccccc2-[n+]2c1cc(-c1ccccc1)c1c2/C(=C\c2ccccc2)CCC1. The highest BCUT2D eigenvalue weighted by Crippen LogP contribution is 2.44. The van der Waals surface area contributed by atoms with Crippen LogP contribution in [0.5, 0.6) is 0 Å². The van der Waals surface area contributed by atoms with Crippen LogP contribution in [0.25, 0.3) is 28.5 Å². The van der Waals surface area contributed by atoms with Crippen LogP contribution < -0.4 is 4.57 Å². The molecule has 1 heteroatoms. The minimum Gasteiger partial charge on any atom is -0.156 e. The van der Waals surface area contributed by atoms with Gasteiger partial charge in [-0.05, 0) is 55.9 Å². The molecule has 2 heterocycles. The summed E-state index contributed by atoms with van der Waals surface area (Å²) < 4.78 is 2.57. The second kappa shape index (κ2) is 7.31. The van der Waals surface area contributed by atoms with Gasteiger partial charge in [-0.1, -0.05) is 78.9 Å². The topological polar surface area (TPSA) is 3.88 Å². The lowest BCUT2D eigenvalue weighted by atomic mass is 9.80. The van der Waals surface area contributed by atoms with Gasteiger partial charge in [0.1, 0.15) is 0 Å². The number of para-hydroxylation sites is 1. The first-order valence-corrected chi connectivity index (χ1v) is 11.7. The maximum Gasteiger partial charge on any atom is 0.218 e. The number of benzene rings is 3. The number of aromatic nitrogens is 1. The summed E-state index contributed by atoms with van der Waals surface area (Å²) in [7, 11) is 0. The molecule has 1 aliphatic carbocycles. The second-order valence-corrected chi connectivity index (χ2v) is 9.55. The summed E-state index contributed by atoms with van der Waals surface area (Å²) in [6.07, 6.45) is 5.83. The third-order valence-electron chi connectivity index (χ3n) is 7.22. The molecule has 0 radical (unpaired) electrons. The summed E-state index contributed by atoms with van der Waals surface area (Å²) in [6.45, 7) is 4.74. The molecule has 6 rings (SSSR count). The molecular weight excluding hydrogens is 386 g/mol. The van der Waals surface area contributed by atoms with Crippen LogP contribution in [0.1, 0.15) is 54.8 Å². The van der Waals surface area contributed by atoms with Crippen LogP contribution in [0.15, 0.2) is 91.0 Å². The number of rotatable bonds is 2. The zero-order chi connectivity index (χ0) is 21.7. The highest BCUT2D eigenvalue weighted by atomic mass is 15.0. The molecule has 4 aromatic rings. The molecule has 0 unspecified atom stereocenters. The Hall–Kier alpha value is -3.45. The Morgan fingerprint density at radius 2 is 1.47 bits per heavy atom. The normalized spacial score (nSPS) is 17.0. The summed E-state index contributed by atoms with van der Waals surface area (Å²) in [4.78, 5) is 0. The highest BCUT2D eigenvalue weighted by Gasteiger charge is 2.47. The van der Waals surface area contributed by atoms with Crippen LogP contribution in [0.4, 0.5) is 0 Å². The Labute approximate surface area is 190 Å². The van der Waals surface area contributed by atoms with Crippen molar-refractivity contribution < 1.29 is 4.57 Å². The predicted molar refractivity (Wildman–Crippen MR) is 133 cm³/mol. The Morgan fingerprint density at radius 1 is 0.781 bits per heavy atom. The van der Waals surface area contributed by atoms with Crippen LogP contribution >= 0.6 is 0 Å². The number of hydrogen-bond donors (Lipinski definition) is 0. The first-order chi connectivity index (χ1) is 15.6. The molecule has 0 spiro atoms. The minimum absolute atomic E-state index is 0.0372. The molecule has 0 atom stereocenters. The van der Waals surface area contributed by atoms with E-state index < -0.39 is 0 Å². The van der Waals surface area contributed by atoms with E-state index in [-0.39, 0.29) is 5.41 Å². The Morgan fingerprint density at radius 3 is 2.25 bits per heavy atom. The summed E-state index contributed by atoms with van der Waals surface area (Å²) in [5.41, 5.74) is 12.4. The molecular formula is C31H28N+. The fourth-order valence-corrected chi connectivity index (χ4v) is 5.65. The van der Waals surface area contributed by atoms with E-state index in [0.29, 0.717) is 0 Å². The fraction of sp³-hybridized carbons (Fsp3) is 0.194. The lowest BCUT2D eigenvalue weighted by Gasteiger charge is -2.22. The zero-order valence-electron chi connectivity index (χ0n) is 18.8. The van der Waals surface area contributed by atoms with Gasteiger partial charge < -0.3 is 0 Å². The maximum absolute atomic E-state index is 2.57. The summed E-state index contributed by atoms with van der Waals surface area (Å²) >= 11 is 0. The van der Waals surface area contributed by atoms with Gasteiger partial charge in [-0.15, -0.1) is 0 Å². The van der Waals surface area contributed by atoms with Gasteiger partial charge in [0.15, 0.2) is 5.69 Å². The molecule has 3 aromatic carbocycles. The molecule has 0 N–H and O–H groups in total. The third-order valence-corrected chi connectivity index (χ3v) is 7.22. The van der Waals surface area contributed by atoms with Gasteiger partial charge in [0.2, 0.25) is 11.4 Å². The molecule has 2 aliphatic rings. The van der Waals surface area contributed by atoms with E-state index in [2.05, 4.69) is 115 Å². The molecule has 0 amide bonds. The monoisotopic (exact) mass is 414 g/mol. The Balaban J connectivity index is 1.71. The zero-order valence-corrected chi connectivity index (χ0v) is 18.8. The highest BCUT2D eigenvalue weighted by molar-refractivity contribution is 5.85. The van der Waals surface area contributed by atoms with Crippen molar-refractivity contribution in [3.05, 3.63) is 119 Å². The van der Waals surface area contributed by atoms with E-state index >= 15 is 0 Å². The number of allylic oxidation sites excluding steroid dienone is 1.